The minimum atomic E-state index is -0.141. The highest BCUT2D eigenvalue weighted by Crippen LogP contribution is 2.25. The first-order valence-corrected chi connectivity index (χ1v) is 5.76. The smallest absolute Gasteiger partial charge is 0.0683 e. The predicted molar refractivity (Wildman–Crippen MR) is 58.8 cm³/mol. The molecule has 0 amide bonds. The van der Waals surface area contributed by atoms with Crippen molar-refractivity contribution in [2.45, 2.75) is 46.0 Å². The number of rotatable bonds is 6. The van der Waals surface area contributed by atoms with Crippen molar-refractivity contribution in [1.29, 1.82) is 5.26 Å². The van der Waals surface area contributed by atoms with E-state index in [4.69, 9.17) is 5.26 Å². The molecule has 0 radical (unpaired) electrons. The van der Waals surface area contributed by atoms with Crippen LogP contribution in [-0.2, 0) is 0 Å². The lowest BCUT2D eigenvalue weighted by Crippen LogP contribution is -2.28. The number of nitriles is 1. The topological polar surface area (TPSA) is 35.8 Å². The lowest BCUT2D eigenvalue weighted by atomic mass is 9.85. The van der Waals surface area contributed by atoms with Gasteiger partial charge in [0.2, 0.25) is 0 Å². The van der Waals surface area contributed by atoms with Gasteiger partial charge in [0.1, 0.15) is 0 Å². The zero-order valence-electron chi connectivity index (χ0n) is 9.47. The van der Waals surface area contributed by atoms with Crippen LogP contribution in [0.15, 0.2) is 0 Å². The fourth-order valence-corrected chi connectivity index (χ4v) is 1.71. The molecule has 0 aliphatic heterocycles. The molecule has 1 aliphatic carbocycles. The summed E-state index contributed by atoms with van der Waals surface area (Å²) in [4.78, 5) is 0. The fraction of sp³-hybridized carbons (Fsp3) is 0.917. The van der Waals surface area contributed by atoms with E-state index in [1.807, 2.05) is 13.8 Å². The minimum Gasteiger partial charge on any atom is -0.316 e. The number of hydrogen-bond acceptors (Lipinski definition) is 2. The Kier molecular flexibility index (Phi) is 4.41. The average molecular weight is 194 g/mol. The van der Waals surface area contributed by atoms with Crippen LogP contribution < -0.4 is 5.32 Å². The Bertz CT molecular complexity index is 199. The number of hydrogen-bond donors (Lipinski definition) is 1. The maximum Gasteiger partial charge on any atom is 0.0683 e. The number of nitrogens with one attached hydrogen (secondary N) is 1. The second kappa shape index (κ2) is 5.36. The van der Waals surface area contributed by atoms with E-state index in [0.717, 1.165) is 25.3 Å². The van der Waals surface area contributed by atoms with Gasteiger partial charge in [0, 0.05) is 0 Å². The summed E-state index contributed by atoms with van der Waals surface area (Å²) in [6.45, 7) is 6.28. The Morgan fingerprint density at radius 2 is 2.14 bits per heavy atom. The van der Waals surface area contributed by atoms with Gasteiger partial charge in [-0.3, -0.25) is 0 Å². The predicted octanol–water partition coefficient (Wildman–Crippen LogP) is 2.71. The third-order valence-electron chi connectivity index (χ3n) is 3.12. The molecule has 0 aromatic carbocycles. The lowest BCUT2D eigenvalue weighted by molar-refractivity contribution is 0.299. The molecular weight excluding hydrogens is 172 g/mol. The maximum atomic E-state index is 8.82. The third kappa shape index (κ3) is 4.11. The van der Waals surface area contributed by atoms with Crippen LogP contribution >= 0.6 is 0 Å². The molecule has 1 N–H and O–H groups in total. The summed E-state index contributed by atoms with van der Waals surface area (Å²) in [5, 5.41) is 12.3. The molecule has 14 heavy (non-hydrogen) atoms. The van der Waals surface area contributed by atoms with Crippen LogP contribution in [0.25, 0.3) is 0 Å². The third-order valence-corrected chi connectivity index (χ3v) is 3.12. The van der Waals surface area contributed by atoms with E-state index in [0.29, 0.717) is 0 Å². The van der Waals surface area contributed by atoms with Crippen LogP contribution in [0.2, 0.25) is 0 Å². The fourth-order valence-electron chi connectivity index (χ4n) is 1.71. The van der Waals surface area contributed by atoms with Crippen molar-refractivity contribution in [3.05, 3.63) is 0 Å². The van der Waals surface area contributed by atoms with Gasteiger partial charge in [-0.2, -0.15) is 5.26 Å². The Morgan fingerprint density at radius 3 is 2.64 bits per heavy atom. The normalized spacial score (nSPS) is 17.5. The second-order valence-electron chi connectivity index (χ2n) is 5.10. The van der Waals surface area contributed by atoms with Gasteiger partial charge in [-0.1, -0.05) is 6.42 Å². The Balaban J connectivity index is 1.91. The van der Waals surface area contributed by atoms with Gasteiger partial charge in [-0.05, 0) is 58.5 Å². The second-order valence-corrected chi connectivity index (χ2v) is 5.10. The molecule has 2 heteroatoms. The summed E-state index contributed by atoms with van der Waals surface area (Å²) >= 11 is 0. The zero-order chi connectivity index (χ0) is 10.4. The monoisotopic (exact) mass is 194 g/mol. The van der Waals surface area contributed by atoms with Crippen LogP contribution in [-0.4, -0.2) is 13.1 Å². The standard InChI is InChI=1S/C12H22N2/c1-12(2,10-13)7-4-8-14-9-11-5-3-6-11/h11,14H,3-9H2,1-2H3. The van der Waals surface area contributed by atoms with Crippen molar-refractivity contribution in [3.63, 3.8) is 0 Å². The summed E-state index contributed by atoms with van der Waals surface area (Å²) in [7, 11) is 0. The van der Waals surface area contributed by atoms with Gasteiger partial charge in [0.05, 0.1) is 11.5 Å². The molecule has 0 atom stereocenters. The summed E-state index contributed by atoms with van der Waals surface area (Å²) in [5.74, 6) is 0.943. The van der Waals surface area contributed by atoms with Gasteiger partial charge in [-0.15, -0.1) is 0 Å². The molecular formula is C12H22N2. The molecule has 1 aliphatic rings. The molecule has 0 heterocycles. The lowest BCUT2D eigenvalue weighted by Gasteiger charge is -2.25. The highest BCUT2D eigenvalue weighted by atomic mass is 14.9. The molecule has 0 unspecified atom stereocenters. The van der Waals surface area contributed by atoms with Crippen LogP contribution in [0.5, 0.6) is 0 Å². The molecule has 80 valence electrons. The average Bonchev–Trinajstić information content (AvgIpc) is 2.08. The van der Waals surface area contributed by atoms with E-state index >= 15 is 0 Å². The molecule has 2 nitrogen and oxygen atoms in total. The Labute approximate surface area is 87.7 Å². The van der Waals surface area contributed by atoms with Crippen LogP contribution in [0.4, 0.5) is 0 Å². The number of nitrogens with zero attached hydrogens (tertiary/aromatic N) is 1. The van der Waals surface area contributed by atoms with Gasteiger partial charge in [0.25, 0.3) is 0 Å². The first-order chi connectivity index (χ1) is 6.64. The SMILES string of the molecule is CC(C)(C#N)CCCNCC1CCC1. The molecule has 1 rings (SSSR count). The van der Waals surface area contributed by atoms with E-state index in [9.17, 15) is 0 Å². The van der Waals surface area contributed by atoms with Crippen LogP contribution in [0.3, 0.4) is 0 Å². The summed E-state index contributed by atoms with van der Waals surface area (Å²) in [6, 6.07) is 2.34. The Hall–Kier alpha value is -0.550. The van der Waals surface area contributed by atoms with Gasteiger partial charge in [-0.25, -0.2) is 0 Å². The molecule has 0 bridgehead atoms. The molecule has 0 aromatic rings. The van der Waals surface area contributed by atoms with E-state index in [-0.39, 0.29) is 5.41 Å². The quantitative estimate of drug-likeness (QED) is 0.660. The first kappa shape index (κ1) is 11.5. The molecule has 0 aromatic heterocycles. The maximum absolute atomic E-state index is 8.82. The van der Waals surface area contributed by atoms with Crippen LogP contribution in [0, 0.1) is 22.7 Å². The van der Waals surface area contributed by atoms with E-state index in [1.54, 1.807) is 0 Å². The van der Waals surface area contributed by atoms with Crippen LogP contribution in [0.1, 0.15) is 46.0 Å². The van der Waals surface area contributed by atoms with Crippen molar-refractivity contribution in [1.82, 2.24) is 5.32 Å². The van der Waals surface area contributed by atoms with Crippen molar-refractivity contribution < 1.29 is 0 Å². The van der Waals surface area contributed by atoms with E-state index in [2.05, 4.69) is 11.4 Å². The van der Waals surface area contributed by atoms with E-state index < -0.39 is 0 Å². The molecule has 0 spiro atoms. The van der Waals surface area contributed by atoms with Gasteiger partial charge in [0.15, 0.2) is 0 Å². The zero-order valence-corrected chi connectivity index (χ0v) is 9.47. The first-order valence-electron chi connectivity index (χ1n) is 5.76. The van der Waals surface area contributed by atoms with E-state index in [1.165, 1.54) is 25.8 Å². The highest BCUT2D eigenvalue weighted by molar-refractivity contribution is 4.91. The minimum absolute atomic E-state index is 0.141. The molecule has 1 fully saturated rings. The van der Waals surface area contributed by atoms with Crippen molar-refractivity contribution in [2.75, 3.05) is 13.1 Å². The van der Waals surface area contributed by atoms with Gasteiger partial charge >= 0.3 is 0 Å². The summed E-state index contributed by atoms with van der Waals surface area (Å²) in [5.41, 5.74) is -0.141. The van der Waals surface area contributed by atoms with Crippen molar-refractivity contribution in [3.8, 4) is 6.07 Å². The Morgan fingerprint density at radius 1 is 1.43 bits per heavy atom. The van der Waals surface area contributed by atoms with Gasteiger partial charge < -0.3 is 5.32 Å². The highest BCUT2D eigenvalue weighted by Gasteiger charge is 2.17. The summed E-state index contributed by atoms with van der Waals surface area (Å²) < 4.78 is 0. The molecule has 0 saturated heterocycles. The van der Waals surface area contributed by atoms with Crippen molar-refractivity contribution >= 4 is 0 Å². The summed E-state index contributed by atoms with van der Waals surface area (Å²) in [6.07, 6.45) is 6.37. The molecule has 1 saturated carbocycles. The largest absolute Gasteiger partial charge is 0.316 e. The van der Waals surface area contributed by atoms with Crippen molar-refractivity contribution in [2.24, 2.45) is 11.3 Å².